The number of pyridine rings is 2. The lowest BCUT2D eigenvalue weighted by molar-refractivity contribution is -0.0403. The van der Waals surface area contributed by atoms with Gasteiger partial charge in [-0.25, -0.2) is 4.98 Å². The minimum atomic E-state index is -0.256. The van der Waals surface area contributed by atoms with Gasteiger partial charge in [-0.15, -0.1) is 0 Å². The quantitative estimate of drug-likeness (QED) is 0.639. The number of ether oxygens (including phenoxy) is 3. The number of halogens is 1. The van der Waals surface area contributed by atoms with Crippen molar-refractivity contribution in [3.63, 3.8) is 0 Å². The largest absolute Gasteiger partial charge is 0.496 e. The molecule has 0 N–H and O–H groups in total. The minimum absolute atomic E-state index is 0.160. The molecule has 0 saturated carbocycles. The smallest absolute Gasteiger partial charge is 0.272 e. The predicted molar refractivity (Wildman–Crippen MR) is 109 cm³/mol. The fraction of sp³-hybridized carbons (Fsp3) is 0.286. The molecule has 1 atom stereocenters. The third-order valence-corrected chi connectivity index (χ3v) is 4.87. The first-order valence-electron chi connectivity index (χ1n) is 9.22. The fourth-order valence-corrected chi connectivity index (χ4v) is 3.41. The van der Waals surface area contributed by atoms with Gasteiger partial charge in [0.15, 0.2) is 0 Å². The van der Waals surface area contributed by atoms with Crippen LogP contribution in [-0.2, 0) is 4.74 Å². The molecule has 3 heterocycles. The van der Waals surface area contributed by atoms with Crippen LogP contribution < -0.4 is 9.47 Å². The predicted octanol–water partition coefficient (Wildman–Crippen LogP) is 3.21. The zero-order chi connectivity index (χ0) is 20.2. The Hall–Kier alpha value is -2.90. The number of para-hydroxylation sites is 1. The maximum atomic E-state index is 13.1. The second-order valence-electron chi connectivity index (χ2n) is 6.62. The molecule has 0 aliphatic carbocycles. The van der Waals surface area contributed by atoms with Gasteiger partial charge in [-0.3, -0.25) is 9.78 Å². The number of aromatic nitrogens is 2. The molecule has 3 aromatic rings. The second kappa shape index (κ2) is 8.63. The van der Waals surface area contributed by atoms with Crippen molar-refractivity contribution in [1.82, 2.24) is 14.9 Å². The Balaban J connectivity index is 1.46. The molecule has 2 aromatic heterocycles. The van der Waals surface area contributed by atoms with Crippen molar-refractivity contribution in [3.05, 3.63) is 59.5 Å². The van der Waals surface area contributed by atoms with E-state index in [1.807, 2.05) is 24.3 Å². The Morgan fingerprint density at radius 1 is 1.31 bits per heavy atom. The Morgan fingerprint density at radius 2 is 2.17 bits per heavy atom. The van der Waals surface area contributed by atoms with E-state index in [9.17, 15) is 4.79 Å². The number of carbonyl (C=O) groups is 1. The van der Waals surface area contributed by atoms with Crippen molar-refractivity contribution in [1.29, 1.82) is 0 Å². The van der Waals surface area contributed by atoms with Gasteiger partial charge in [-0.05, 0) is 12.1 Å². The number of rotatable bonds is 5. The van der Waals surface area contributed by atoms with Crippen molar-refractivity contribution in [2.75, 3.05) is 33.4 Å². The highest BCUT2D eigenvalue weighted by atomic mass is 35.5. The van der Waals surface area contributed by atoms with Crippen LogP contribution in [0.25, 0.3) is 10.9 Å². The highest BCUT2D eigenvalue weighted by Crippen LogP contribution is 2.26. The van der Waals surface area contributed by atoms with Gasteiger partial charge in [0, 0.05) is 30.3 Å². The van der Waals surface area contributed by atoms with Gasteiger partial charge in [-0.2, -0.15) is 0 Å². The van der Waals surface area contributed by atoms with Crippen LogP contribution in [0.4, 0.5) is 0 Å². The average Bonchev–Trinajstić information content (AvgIpc) is 2.76. The summed E-state index contributed by atoms with van der Waals surface area (Å²) >= 11 is 5.92. The normalized spacial score (nSPS) is 16.6. The molecule has 1 aliphatic rings. The molecule has 4 rings (SSSR count). The van der Waals surface area contributed by atoms with Gasteiger partial charge in [0.25, 0.3) is 5.91 Å². The molecule has 1 unspecified atom stereocenters. The van der Waals surface area contributed by atoms with E-state index < -0.39 is 0 Å². The molecule has 0 spiro atoms. The van der Waals surface area contributed by atoms with Crippen molar-refractivity contribution in [3.8, 4) is 11.5 Å². The molecular formula is C21H20ClN3O4. The summed E-state index contributed by atoms with van der Waals surface area (Å²) in [4.78, 5) is 23.3. The Bertz CT molecular complexity index is 1030. The number of amides is 1. The van der Waals surface area contributed by atoms with Gasteiger partial charge in [0.2, 0.25) is 0 Å². The van der Waals surface area contributed by atoms with Gasteiger partial charge in [0.1, 0.15) is 29.9 Å². The third kappa shape index (κ3) is 4.41. The van der Waals surface area contributed by atoms with E-state index in [-0.39, 0.29) is 12.0 Å². The van der Waals surface area contributed by atoms with Gasteiger partial charge < -0.3 is 19.1 Å². The molecular weight excluding hydrogens is 394 g/mol. The first-order valence-corrected chi connectivity index (χ1v) is 9.60. The number of nitrogens with zero attached hydrogens (tertiary/aromatic N) is 3. The lowest BCUT2D eigenvalue weighted by Gasteiger charge is -2.32. The van der Waals surface area contributed by atoms with Crippen LogP contribution in [0.3, 0.4) is 0 Å². The van der Waals surface area contributed by atoms with Crippen molar-refractivity contribution in [2.45, 2.75) is 6.10 Å². The highest BCUT2D eigenvalue weighted by molar-refractivity contribution is 6.30. The average molecular weight is 414 g/mol. The van der Waals surface area contributed by atoms with E-state index in [0.717, 1.165) is 10.9 Å². The monoisotopic (exact) mass is 413 g/mol. The summed E-state index contributed by atoms with van der Waals surface area (Å²) in [6, 6.07) is 11.0. The Morgan fingerprint density at radius 3 is 3.00 bits per heavy atom. The van der Waals surface area contributed by atoms with Crippen molar-refractivity contribution >= 4 is 28.4 Å². The standard InChI is InChI=1S/C21H20ClN3O4/c1-27-20-9-19(24-18-5-3-2-4-17(18)20)21(26)25-6-7-28-16(12-25)13-29-15-8-14(22)10-23-11-15/h2-5,8-11,16H,6-7,12-13H2,1H3. The van der Waals surface area contributed by atoms with Crippen molar-refractivity contribution in [2.24, 2.45) is 0 Å². The van der Waals surface area contributed by atoms with Crippen LogP contribution in [0.5, 0.6) is 11.5 Å². The third-order valence-electron chi connectivity index (χ3n) is 4.66. The molecule has 0 bridgehead atoms. The van der Waals surface area contributed by atoms with Crippen LogP contribution in [0.15, 0.2) is 48.8 Å². The summed E-state index contributed by atoms with van der Waals surface area (Å²) < 4.78 is 16.9. The summed E-state index contributed by atoms with van der Waals surface area (Å²) in [5.41, 5.74) is 1.07. The second-order valence-corrected chi connectivity index (χ2v) is 7.06. The lowest BCUT2D eigenvalue weighted by Crippen LogP contribution is -2.47. The number of morpholine rings is 1. The Labute approximate surface area is 173 Å². The molecule has 1 amide bonds. The van der Waals surface area contributed by atoms with Gasteiger partial charge >= 0.3 is 0 Å². The van der Waals surface area contributed by atoms with Gasteiger partial charge in [-0.1, -0.05) is 23.7 Å². The lowest BCUT2D eigenvalue weighted by atomic mass is 10.1. The van der Waals surface area contributed by atoms with E-state index in [4.69, 9.17) is 25.8 Å². The van der Waals surface area contributed by atoms with Gasteiger partial charge in [0.05, 0.1) is 37.0 Å². The molecule has 8 heteroatoms. The topological polar surface area (TPSA) is 73.8 Å². The molecule has 150 valence electrons. The molecule has 29 heavy (non-hydrogen) atoms. The SMILES string of the molecule is COc1cc(C(=O)N2CCOC(COc3cncc(Cl)c3)C2)nc2ccccc12. The minimum Gasteiger partial charge on any atom is -0.496 e. The number of methoxy groups -OCH3 is 1. The molecule has 1 aromatic carbocycles. The summed E-state index contributed by atoms with van der Waals surface area (Å²) in [5.74, 6) is 1.03. The van der Waals surface area contributed by atoms with E-state index in [1.54, 1.807) is 30.3 Å². The summed E-state index contributed by atoms with van der Waals surface area (Å²) in [6.07, 6.45) is 2.87. The summed E-state index contributed by atoms with van der Waals surface area (Å²) in [6.45, 7) is 1.62. The maximum Gasteiger partial charge on any atom is 0.272 e. The number of benzene rings is 1. The maximum absolute atomic E-state index is 13.1. The number of fused-ring (bicyclic) bond motifs is 1. The van der Waals surface area contributed by atoms with E-state index in [0.29, 0.717) is 48.5 Å². The summed E-state index contributed by atoms with van der Waals surface area (Å²) in [7, 11) is 1.59. The molecule has 1 saturated heterocycles. The number of carbonyl (C=O) groups excluding carboxylic acids is 1. The van der Waals surface area contributed by atoms with Crippen LogP contribution in [0.1, 0.15) is 10.5 Å². The first-order chi connectivity index (χ1) is 14.1. The molecule has 0 radical (unpaired) electrons. The van der Waals surface area contributed by atoms with Crippen LogP contribution in [0, 0.1) is 0 Å². The summed E-state index contributed by atoms with van der Waals surface area (Å²) in [5, 5.41) is 1.37. The van der Waals surface area contributed by atoms with Crippen LogP contribution >= 0.6 is 11.6 Å². The zero-order valence-corrected chi connectivity index (χ0v) is 16.6. The highest BCUT2D eigenvalue weighted by Gasteiger charge is 2.27. The number of hydrogen-bond donors (Lipinski definition) is 0. The number of hydrogen-bond acceptors (Lipinski definition) is 6. The van der Waals surface area contributed by atoms with Crippen LogP contribution in [-0.4, -0.2) is 60.3 Å². The van der Waals surface area contributed by atoms with E-state index in [1.165, 1.54) is 6.20 Å². The molecule has 1 aliphatic heterocycles. The zero-order valence-electron chi connectivity index (χ0n) is 15.9. The van der Waals surface area contributed by atoms with E-state index in [2.05, 4.69) is 9.97 Å². The molecule has 7 nitrogen and oxygen atoms in total. The molecule has 1 fully saturated rings. The van der Waals surface area contributed by atoms with E-state index >= 15 is 0 Å². The van der Waals surface area contributed by atoms with Crippen molar-refractivity contribution < 1.29 is 19.0 Å². The van der Waals surface area contributed by atoms with Crippen LogP contribution in [0.2, 0.25) is 5.02 Å². The Kier molecular flexibility index (Phi) is 5.78. The first kappa shape index (κ1) is 19.4. The fourth-order valence-electron chi connectivity index (χ4n) is 3.25.